The summed E-state index contributed by atoms with van der Waals surface area (Å²) in [5.41, 5.74) is 0.475. The van der Waals surface area contributed by atoms with Crippen molar-refractivity contribution >= 4 is 38.9 Å². The number of nitrogens with one attached hydrogen (secondary N) is 2. The molecular formula is C17H21ClN4O2S. The van der Waals surface area contributed by atoms with Crippen LogP contribution in [0, 0.1) is 5.92 Å². The first kappa shape index (κ1) is 17.9. The van der Waals surface area contributed by atoms with Crippen LogP contribution in [0.1, 0.15) is 25.7 Å². The highest BCUT2D eigenvalue weighted by atomic mass is 35.5. The fourth-order valence-corrected chi connectivity index (χ4v) is 5.13. The first-order chi connectivity index (χ1) is 12.0. The van der Waals surface area contributed by atoms with Gasteiger partial charge in [-0.25, -0.2) is 13.4 Å². The van der Waals surface area contributed by atoms with Gasteiger partial charge in [-0.05, 0) is 30.9 Å². The largest absolute Gasteiger partial charge is 0.357 e. The van der Waals surface area contributed by atoms with Crippen molar-refractivity contribution in [1.82, 2.24) is 9.97 Å². The molecule has 1 aliphatic rings. The van der Waals surface area contributed by atoms with E-state index < -0.39 is 9.84 Å². The zero-order valence-corrected chi connectivity index (χ0v) is 15.6. The van der Waals surface area contributed by atoms with Gasteiger partial charge in [-0.1, -0.05) is 36.6 Å². The molecule has 0 amide bonds. The molecular weight excluding hydrogens is 360 g/mol. The SMILES string of the molecule is CNc1ncc(Cl)c(Nc2ccccc2S(=O)(=O)CC2CCCC2)n1. The monoisotopic (exact) mass is 380 g/mol. The molecule has 0 radical (unpaired) electrons. The Balaban J connectivity index is 1.91. The van der Waals surface area contributed by atoms with Gasteiger partial charge in [0.2, 0.25) is 5.95 Å². The minimum Gasteiger partial charge on any atom is -0.357 e. The van der Waals surface area contributed by atoms with Crippen molar-refractivity contribution in [3.8, 4) is 0 Å². The Labute approximate surface area is 153 Å². The molecule has 2 aromatic rings. The summed E-state index contributed by atoms with van der Waals surface area (Å²) in [6, 6.07) is 6.86. The quantitative estimate of drug-likeness (QED) is 0.791. The minimum atomic E-state index is -3.39. The van der Waals surface area contributed by atoms with E-state index in [2.05, 4.69) is 20.6 Å². The summed E-state index contributed by atoms with van der Waals surface area (Å²) in [6.07, 6.45) is 5.67. The first-order valence-electron chi connectivity index (χ1n) is 8.28. The third kappa shape index (κ3) is 4.22. The lowest BCUT2D eigenvalue weighted by Gasteiger charge is -2.15. The highest BCUT2D eigenvalue weighted by Gasteiger charge is 2.26. The minimum absolute atomic E-state index is 0.185. The van der Waals surface area contributed by atoms with Crippen molar-refractivity contribution in [3.05, 3.63) is 35.5 Å². The van der Waals surface area contributed by atoms with Gasteiger partial charge in [0.05, 0.1) is 22.5 Å². The van der Waals surface area contributed by atoms with Crippen molar-refractivity contribution in [2.75, 3.05) is 23.4 Å². The Hall–Kier alpha value is -1.86. The highest BCUT2D eigenvalue weighted by molar-refractivity contribution is 7.91. The highest BCUT2D eigenvalue weighted by Crippen LogP contribution is 2.32. The number of aromatic nitrogens is 2. The molecule has 25 heavy (non-hydrogen) atoms. The molecule has 6 nitrogen and oxygen atoms in total. The van der Waals surface area contributed by atoms with Crippen LogP contribution in [-0.4, -0.2) is 31.2 Å². The van der Waals surface area contributed by atoms with Crippen LogP contribution in [0.15, 0.2) is 35.4 Å². The van der Waals surface area contributed by atoms with Gasteiger partial charge in [-0.15, -0.1) is 0 Å². The summed E-state index contributed by atoms with van der Waals surface area (Å²) >= 11 is 6.14. The Bertz CT molecular complexity index is 851. The number of sulfone groups is 1. The molecule has 1 aliphatic carbocycles. The number of benzene rings is 1. The molecule has 1 heterocycles. The molecule has 0 spiro atoms. The van der Waals surface area contributed by atoms with Gasteiger partial charge in [0.1, 0.15) is 5.02 Å². The maximum atomic E-state index is 12.9. The van der Waals surface area contributed by atoms with Crippen molar-refractivity contribution in [2.45, 2.75) is 30.6 Å². The van der Waals surface area contributed by atoms with Crippen LogP contribution >= 0.6 is 11.6 Å². The first-order valence-corrected chi connectivity index (χ1v) is 10.3. The van der Waals surface area contributed by atoms with Crippen LogP contribution in [0.2, 0.25) is 5.02 Å². The number of anilines is 3. The van der Waals surface area contributed by atoms with Gasteiger partial charge in [0.15, 0.2) is 15.7 Å². The standard InChI is InChI=1S/C17H21ClN4O2S/c1-19-17-20-10-13(18)16(22-17)21-14-8-4-5-9-15(14)25(23,24)11-12-6-2-3-7-12/h4-5,8-10,12H,2-3,6-7,11H2,1H3,(H2,19,20,21,22). The molecule has 2 N–H and O–H groups in total. The van der Waals surface area contributed by atoms with Crippen molar-refractivity contribution in [3.63, 3.8) is 0 Å². The summed E-state index contributed by atoms with van der Waals surface area (Å²) in [5.74, 6) is 1.20. The number of halogens is 1. The van der Waals surface area contributed by atoms with E-state index in [0.717, 1.165) is 25.7 Å². The Morgan fingerprint density at radius 1 is 1.24 bits per heavy atom. The van der Waals surface area contributed by atoms with Crippen LogP contribution in [0.4, 0.5) is 17.5 Å². The molecule has 1 fully saturated rings. The molecule has 1 aromatic carbocycles. The van der Waals surface area contributed by atoms with Crippen molar-refractivity contribution in [2.24, 2.45) is 5.92 Å². The van der Waals surface area contributed by atoms with E-state index in [1.807, 2.05) is 0 Å². The van der Waals surface area contributed by atoms with Crippen molar-refractivity contribution < 1.29 is 8.42 Å². The predicted octanol–water partition coefficient (Wildman–Crippen LogP) is 3.88. The van der Waals surface area contributed by atoms with Gasteiger partial charge >= 0.3 is 0 Å². The summed E-state index contributed by atoms with van der Waals surface area (Å²) in [5, 5.41) is 6.20. The average molecular weight is 381 g/mol. The van der Waals surface area contributed by atoms with E-state index in [-0.39, 0.29) is 16.6 Å². The normalized spacial score (nSPS) is 15.3. The predicted molar refractivity (Wildman–Crippen MR) is 100 cm³/mol. The maximum Gasteiger partial charge on any atom is 0.224 e. The fourth-order valence-electron chi connectivity index (χ4n) is 3.12. The van der Waals surface area contributed by atoms with Gasteiger partial charge in [-0.2, -0.15) is 4.98 Å². The second kappa shape index (κ2) is 7.58. The Morgan fingerprint density at radius 2 is 1.96 bits per heavy atom. The lowest BCUT2D eigenvalue weighted by Crippen LogP contribution is -2.15. The van der Waals surface area contributed by atoms with Gasteiger partial charge in [0.25, 0.3) is 0 Å². The summed E-state index contributed by atoms with van der Waals surface area (Å²) in [4.78, 5) is 8.56. The maximum absolute atomic E-state index is 12.9. The summed E-state index contributed by atoms with van der Waals surface area (Å²) in [6.45, 7) is 0. The number of nitrogens with zero attached hydrogens (tertiary/aromatic N) is 2. The van der Waals surface area contributed by atoms with Crippen LogP contribution < -0.4 is 10.6 Å². The lowest BCUT2D eigenvalue weighted by molar-refractivity contribution is 0.559. The third-order valence-electron chi connectivity index (χ3n) is 4.37. The third-order valence-corrected chi connectivity index (χ3v) is 6.59. The second-order valence-electron chi connectivity index (χ2n) is 6.19. The zero-order valence-electron chi connectivity index (χ0n) is 14.0. The summed E-state index contributed by atoms with van der Waals surface area (Å²) in [7, 11) is -1.69. The fraction of sp³-hybridized carbons (Fsp3) is 0.412. The van der Waals surface area contributed by atoms with Crippen molar-refractivity contribution in [1.29, 1.82) is 0 Å². The van der Waals surface area contributed by atoms with E-state index in [0.29, 0.717) is 22.5 Å². The van der Waals surface area contributed by atoms with Crippen LogP contribution in [0.5, 0.6) is 0 Å². The number of para-hydroxylation sites is 1. The smallest absolute Gasteiger partial charge is 0.224 e. The van der Waals surface area contributed by atoms with E-state index >= 15 is 0 Å². The molecule has 1 saturated carbocycles. The molecule has 0 bridgehead atoms. The second-order valence-corrected chi connectivity index (χ2v) is 8.60. The Morgan fingerprint density at radius 3 is 2.68 bits per heavy atom. The molecule has 0 unspecified atom stereocenters. The molecule has 3 rings (SSSR count). The van der Waals surface area contributed by atoms with E-state index in [1.165, 1.54) is 6.20 Å². The zero-order chi connectivity index (χ0) is 17.9. The number of rotatable bonds is 6. The Kier molecular flexibility index (Phi) is 5.44. The molecule has 0 atom stereocenters. The van der Waals surface area contributed by atoms with E-state index in [4.69, 9.17) is 11.6 Å². The van der Waals surface area contributed by atoms with E-state index in [9.17, 15) is 8.42 Å². The topological polar surface area (TPSA) is 84.0 Å². The van der Waals surface area contributed by atoms with Crippen LogP contribution in [-0.2, 0) is 9.84 Å². The molecule has 0 aliphatic heterocycles. The van der Waals surface area contributed by atoms with Gasteiger partial charge in [0, 0.05) is 7.05 Å². The summed E-state index contributed by atoms with van der Waals surface area (Å²) < 4.78 is 25.8. The molecule has 1 aromatic heterocycles. The molecule has 134 valence electrons. The van der Waals surface area contributed by atoms with E-state index in [1.54, 1.807) is 31.3 Å². The average Bonchev–Trinajstić information content (AvgIpc) is 3.09. The number of hydrogen-bond acceptors (Lipinski definition) is 6. The van der Waals surface area contributed by atoms with Gasteiger partial charge < -0.3 is 10.6 Å². The molecule has 8 heteroatoms. The van der Waals surface area contributed by atoms with Gasteiger partial charge in [-0.3, -0.25) is 0 Å². The molecule has 0 saturated heterocycles. The lowest BCUT2D eigenvalue weighted by atomic mass is 10.1. The van der Waals surface area contributed by atoms with Crippen LogP contribution in [0.3, 0.4) is 0 Å². The number of hydrogen-bond donors (Lipinski definition) is 2. The van der Waals surface area contributed by atoms with Crippen LogP contribution in [0.25, 0.3) is 0 Å².